The summed E-state index contributed by atoms with van der Waals surface area (Å²) < 4.78 is 10.7. The summed E-state index contributed by atoms with van der Waals surface area (Å²) >= 11 is 0. The van der Waals surface area contributed by atoms with Gasteiger partial charge in [0.05, 0.1) is 0 Å². The summed E-state index contributed by atoms with van der Waals surface area (Å²) in [7, 11) is 7.53. The minimum Gasteiger partial charge on any atom is -0.362 e. The van der Waals surface area contributed by atoms with Crippen LogP contribution >= 0.6 is 0 Å². The Balaban J connectivity index is 2.61. The highest BCUT2D eigenvalue weighted by molar-refractivity contribution is 4.76. The molecule has 0 N–H and O–H groups in total. The fourth-order valence-corrected chi connectivity index (χ4v) is 1.60. The van der Waals surface area contributed by atoms with Crippen molar-refractivity contribution in [1.82, 2.24) is 9.80 Å². The lowest BCUT2D eigenvalue weighted by atomic mass is 10.3. The smallest absolute Gasteiger partial charge is 0.150 e. The van der Waals surface area contributed by atoms with Crippen LogP contribution in [0.1, 0.15) is 0 Å². The molecule has 0 spiro atoms. The van der Waals surface area contributed by atoms with Crippen molar-refractivity contribution in [3.8, 4) is 0 Å². The average Bonchev–Trinajstić information content (AvgIpc) is 2.08. The molecule has 4 nitrogen and oxygen atoms in total. The third-order valence-electron chi connectivity index (χ3n) is 2.40. The fourth-order valence-electron chi connectivity index (χ4n) is 1.60. The zero-order valence-electron chi connectivity index (χ0n) is 8.28. The normalized spacial score (nSPS) is 34.0. The maximum atomic E-state index is 5.34. The Morgan fingerprint density at radius 3 is 1.50 bits per heavy atom. The van der Waals surface area contributed by atoms with Crippen molar-refractivity contribution in [2.45, 2.75) is 12.5 Å². The second-order valence-electron chi connectivity index (χ2n) is 3.21. The second kappa shape index (κ2) is 4.18. The van der Waals surface area contributed by atoms with Gasteiger partial charge in [0.1, 0.15) is 12.5 Å². The molecule has 1 heterocycles. The van der Waals surface area contributed by atoms with Crippen LogP contribution in [0.25, 0.3) is 0 Å². The van der Waals surface area contributed by atoms with Crippen molar-refractivity contribution in [2.75, 3.05) is 41.4 Å². The molecule has 0 aromatic carbocycles. The molecule has 1 aliphatic rings. The molecule has 1 saturated heterocycles. The highest BCUT2D eigenvalue weighted by Gasteiger charge is 2.32. The van der Waals surface area contributed by atoms with Crippen LogP contribution in [0, 0.1) is 0 Å². The van der Waals surface area contributed by atoms with Crippen molar-refractivity contribution in [3.05, 3.63) is 0 Å². The summed E-state index contributed by atoms with van der Waals surface area (Å²) in [5, 5.41) is 0. The van der Waals surface area contributed by atoms with Crippen LogP contribution in [-0.2, 0) is 9.47 Å². The van der Waals surface area contributed by atoms with Crippen LogP contribution in [0.5, 0.6) is 0 Å². The largest absolute Gasteiger partial charge is 0.362 e. The predicted octanol–water partition coefficient (Wildman–Crippen LogP) is -0.191. The average molecular weight is 174 g/mol. The van der Waals surface area contributed by atoms with Gasteiger partial charge in [0.2, 0.25) is 0 Å². The van der Waals surface area contributed by atoms with E-state index in [0.29, 0.717) is 0 Å². The zero-order valence-corrected chi connectivity index (χ0v) is 8.28. The summed E-state index contributed by atoms with van der Waals surface area (Å²) in [5.41, 5.74) is 0. The van der Waals surface area contributed by atoms with Gasteiger partial charge in [-0.25, -0.2) is 0 Å². The minimum absolute atomic E-state index is 0.0498. The Kier molecular flexibility index (Phi) is 3.46. The number of rotatable bonds is 2. The van der Waals surface area contributed by atoms with E-state index in [1.54, 1.807) is 14.2 Å². The van der Waals surface area contributed by atoms with Gasteiger partial charge >= 0.3 is 0 Å². The first kappa shape index (κ1) is 9.92. The predicted molar refractivity (Wildman–Crippen MR) is 46.9 cm³/mol. The molecular weight excluding hydrogens is 156 g/mol. The van der Waals surface area contributed by atoms with Crippen molar-refractivity contribution >= 4 is 0 Å². The summed E-state index contributed by atoms with van der Waals surface area (Å²) in [6.45, 7) is 2.05. The Morgan fingerprint density at radius 2 is 1.25 bits per heavy atom. The molecule has 0 aliphatic carbocycles. The van der Waals surface area contributed by atoms with Gasteiger partial charge in [-0.2, -0.15) is 0 Å². The lowest BCUT2D eigenvalue weighted by Crippen LogP contribution is -2.58. The van der Waals surface area contributed by atoms with E-state index < -0.39 is 0 Å². The van der Waals surface area contributed by atoms with Gasteiger partial charge in [0.25, 0.3) is 0 Å². The van der Waals surface area contributed by atoms with E-state index >= 15 is 0 Å². The van der Waals surface area contributed by atoms with Gasteiger partial charge in [-0.3, -0.25) is 9.80 Å². The van der Waals surface area contributed by atoms with Crippen molar-refractivity contribution in [2.24, 2.45) is 0 Å². The summed E-state index contributed by atoms with van der Waals surface area (Å²) in [6.07, 6.45) is 0.0995. The van der Waals surface area contributed by atoms with E-state index in [4.69, 9.17) is 9.47 Å². The van der Waals surface area contributed by atoms with Crippen LogP contribution < -0.4 is 0 Å². The number of likely N-dealkylation sites (N-methyl/N-ethyl adjacent to an activating group) is 2. The highest BCUT2D eigenvalue weighted by atomic mass is 16.6. The van der Waals surface area contributed by atoms with Crippen molar-refractivity contribution < 1.29 is 9.47 Å². The third-order valence-corrected chi connectivity index (χ3v) is 2.40. The Hall–Kier alpha value is -0.160. The van der Waals surface area contributed by atoms with Crippen LogP contribution in [0.15, 0.2) is 0 Å². The molecule has 12 heavy (non-hydrogen) atoms. The minimum atomic E-state index is 0.0498. The number of hydrogen-bond acceptors (Lipinski definition) is 4. The van der Waals surface area contributed by atoms with E-state index in [-0.39, 0.29) is 12.5 Å². The van der Waals surface area contributed by atoms with Gasteiger partial charge in [-0.1, -0.05) is 0 Å². The van der Waals surface area contributed by atoms with Crippen LogP contribution in [0.2, 0.25) is 0 Å². The number of piperazine rings is 1. The molecule has 0 aromatic heterocycles. The first-order valence-corrected chi connectivity index (χ1v) is 4.16. The van der Waals surface area contributed by atoms with Gasteiger partial charge in [0.15, 0.2) is 0 Å². The first-order valence-electron chi connectivity index (χ1n) is 4.16. The molecule has 0 radical (unpaired) electrons. The molecule has 0 unspecified atom stereocenters. The molecule has 1 rings (SSSR count). The summed E-state index contributed by atoms with van der Waals surface area (Å²) in [5.74, 6) is 0. The molecule has 1 aliphatic heterocycles. The molecule has 0 amide bonds. The Labute approximate surface area is 74.0 Å². The monoisotopic (exact) mass is 174 g/mol. The standard InChI is InChI=1S/C8H18N2O2/c1-9-5-6-10(2)8(12-4)7(9)11-3/h7-8H,5-6H2,1-4H3/t7-,8-/m1/s1. The summed E-state index contributed by atoms with van der Waals surface area (Å²) in [4.78, 5) is 4.32. The number of ether oxygens (including phenoxy) is 2. The fraction of sp³-hybridized carbons (Fsp3) is 1.00. The van der Waals surface area contributed by atoms with E-state index in [0.717, 1.165) is 13.1 Å². The molecule has 72 valence electrons. The molecule has 4 heteroatoms. The van der Waals surface area contributed by atoms with E-state index in [2.05, 4.69) is 9.80 Å². The van der Waals surface area contributed by atoms with Gasteiger partial charge in [-0.05, 0) is 14.1 Å². The first-order chi connectivity index (χ1) is 5.70. The van der Waals surface area contributed by atoms with Crippen LogP contribution in [0.3, 0.4) is 0 Å². The molecule has 1 fully saturated rings. The maximum absolute atomic E-state index is 5.34. The second-order valence-corrected chi connectivity index (χ2v) is 3.21. The van der Waals surface area contributed by atoms with Crippen LogP contribution in [0.4, 0.5) is 0 Å². The van der Waals surface area contributed by atoms with E-state index in [1.165, 1.54) is 0 Å². The van der Waals surface area contributed by atoms with E-state index in [1.807, 2.05) is 14.1 Å². The topological polar surface area (TPSA) is 24.9 Å². The lowest BCUT2D eigenvalue weighted by molar-refractivity contribution is -0.189. The SMILES string of the molecule is CO[C@@H]1[C@@H](OC)N(C)CCN1C. The van der Waals surface area contributed by atoms with Gasteiger partial charge in [0, 0.05) is 27.3 Å². The molecule has 2 atom stereocenters. The summed E-state index contributed by atoms with van der Waals surface area (Å²) in [6, 6.07) is 0. The highest BCUT2D eigenvalue weighted by Crippen LogP contribution is 2.14. The maximum Gasteiger partial charge on any atom is 0.150 e. The molecule has 0 bridgehead atoms. The van der Waals surface area contributed by atoms with Crippen LogP contribution in [-0.4, -0.2) is 63.7 Å². The Morgan fingerprint density at radius 1 is 0.917 bits per heavy atom. The third kappa shape index (κ3) is 1.77. The number of nitrogens with zero attached hydrogens (tertiary/aromatic N) is 2. The van der Waals surface area contributed by atoms with Gasteiger partial charge < -0.3 is 9.47 Å². The van der Waals surface area contributed by atoms with Gasteiger partial charge in [-0.15, -0.1) is 0 Å². The quantitative estimate of drug-likeness (QED) is 0.579. The van der Waals surface area contributed by atoms with Crippen molar-refractivity contribution in [1.29, 1.82) is 0 Å². The molecule has 0 aromatic rings. The lowest BCUT2D eigenvalue weighted by Gasteiger charge is -2.42. The zero-order chi connectivity index (χ0) is 9.14. The molecular formula is C8H18N2O2. The van der Waals surface area contributed by atoms with E-state index in [9.17, 15) is 0 Å². The number of hydrogen-bond donors (Lipinski definition) is 0. The Bertz CT molecular complexity index is 127. The molecule has 0 saturated carbocycles. The number of methoxy groups -OCH3 is 2. The van der Waals surface area contributed by atoms with Crippen molar-refractivity contribution in [3.63, 3.8) is 0 Å².